The molecule has 0 aromatic carbocycles. The number of nitrogen functional groups attached to an aromatic ring is 1. The van der Waals surface area contributed by atoms with E-state index in [1.165, 1.54) is 12.7 Å². The molecular weight excluding hydrogens is 374 g/mol. The van der Waals surface area contributed by atoms with Crippen LogP contribution in [-0.2, 0) is 4.74 Å². The molecule has 4 N–H and O–H groups in total. The summed E-state index contributed by atoms with van der Waals surface area (Å²) in [6.07, 6.45) is -0.454. The summed E-state index contributed by atoms with van der Waals surface area (Å²) in [4.78, 5) is 12.2. The lowest BCUT2D eigenvalue weighted by Gasteiger charge is -2.16. The van der Waals surface area contributed by atoms with Gasteiger partial charge in [-0.3, -0.25) is 4.57 Å². The Morgan fingerprint density at radius 2 is 2.18 bits per heavy atom. The first-order valence-electron chi connectivity index (χ1n) is 6.69. The van der Waals surface area contributed by atoms with Gasteiger partial charge in [-0.2, -0.15) is 0 Å². The highest BCUT2D eigenvalue weighted by Gasteiger charge is 2.44. The van der Waals surface area contributed by atoms with Crippen molar-refractivity contribution in [3.8, 4) is 0 Å². The quantitative estimate of drug-likeness (QED) is 0.646. The van der Waals surface area contributed by atoms with E-state index in [1.54, 1.807) is 16.3 Å². The summed E-state index contributed by atoms with van der Waals surface area (Å²) in [7, 11) is 0. The molecule has 3 rings (SSSR count). The third-order valence-corrected chi connectivity index (χ3v) is 5.26. The van der Waals surface area contributed by atoms with Crippen molar-refractivity contribution in [1.82, 2.24) is 19.5 Å². The van der Waals surface area contributed by atoms with Crippen molar-refractivity contribution in [2.45, 2.75) is 35.6 Å². The van der Waals surface area contributed by atoms with Crippen LogP contribution < -0.4 is 5.73 Å². The Morgan fingerprint density at radius 1 is 1.41 bits per heavy atom. The lowest BCUT2D eigenvalue weighted by Crippen LogP contribution is -2.32. The highest BCUT2D eigenvalue weighted by atomic mass is 79.9. The number of aliphatic hydroxyl groups is 2. The molecule has 0 amide bonds. The highest BCUT2D eigenvalue weighted by Crippen LogP contribution is 2.34. The fourth-order valence-electron chi connectivity index (χ4n) is 2.38. The molecule has 0 saturated carbocycles. The molecular formula is C12H16BrN5O3S. The third-order valence-electron chi connectivity index (χ3n) is 3.49. The lowest BCUT2D eigenvalue weighted by molar-refractivity contribution is -0.0289. The molecule has 1 aliphatic rings. The first-order chi connectivity index (χ1) is 10.5. The zero-order valence-corrected chi connectivity index (χ0v) is 14.1. The number of aromatic nitrogens is 4. The molecule has 3 heterocycles. The number of anilines is 1. The molecule has 1 unspecified atom stereocenters. The van der Waals surface area contributed by atoms with Crippen LogP contribution in [-0.4, -0.2) is 58.0 Å². The molecule has 22 heavy (non-hydrogen) atoms. The van der Waals surface area contributed by atoms with Crippen LogP contribution in [0.25, 0.3) is 11.2 Å². The Kier molecular flexibility index (Phi) is 4.55. The number of halogens is 1. The van der Waals surface area contributed by atoms with E-state index in [0.717, 1.165) is 0 Å². The van der Waals surface area contributed by atoms with Crippen LogP contribution in [0, 0.1) is 0 Å². The minimum atomic E-state index is -1.06. The first kappa shape index (κ1) is 15.9. The molecule has 0 aliphatic carbocycles. The van der Waals surface area contributed by atoms with Crippen molar-refractivity contribution in [2.24, 2.45) is 0 Å². The Morgan fingerprint density at radius 3 is 2.91 bits per heavy atom. The van der Waals surface area contributed by atoms with E-state index in [9.17, 15) is 10.2 Å². The number of imidazole rings is 1. The number of alkyl halides is 1. The van der Waals surface area contributed by atoms with E-state index in [4.69, 9.17) is 10.5 Å². The van der Waals surface area contributed by atoms with E-state index in [0.29, 0.717) is 16.9 Å². The molecule has 8 nitrogen and oxygen atoms in total. The topological polar surface area (TPSA) is 119 Å². The number of nitrogens with zero attached hydrogens (tertiary/aromatic N) is 4. The number of fused-ring (bicyclic) bond motifs is 1. The second-order valence-corrected chi connectivity index (χ2v) is 8.36. The number of nitrogens with two attached hydrogens (primary N) is 1. The van der Waals surface area contributed by atoms with Gasteiger partial charge in [-0.25, -0.2) is 15.0 Å². The minimum Gasteiger partial charge on any atom is -0.387 e. The van der Waals surface area contributed by atoms with E-state index in [1.807, 2.05) is 6.92 Å². The number of rotatable bonds is 4. The molecule has 10 heteroatoms. The van der Waals surface area contributed by atoms with Crippen molar-refractivity contribution < 1.29 is 14.9 Å². The monoisotopic (exact) mass is 389 g/mol. The van der Waals surface area contributed by atoms with Gasteiger partial charge in [0.25, 0.3) is 0 Å². The van der Waals surface area contributed by atoms with Crippen molar-refractivity contribution in [2.75, 3.05) is 11.5 Å². The van der Waals surface area contributed by atoms with Gasteiger partial charge in [-0.1, -0.05) is 15.9 Å². The Labute approximate surface area is 139 Å². The number of hydrogen-bond acceptors (Lipinski definition) is 8. The Bertz CT molecular complexity index is 669. The molecule has 2 aromatic rings. The molecule has 0 radical (unpaired) electrons. The van der Waals surface area contributed by atoms with Crippen LogP contribution in [0.3, 0.4) is 0 Å². The average Bonchev–Trinajstić information content (AvgIpc) is 3.01. The first-order valence-corrected chi connectivity index (χ1v) is 8.65. The fourth-order valence-corrected chi connectivity index (χ4v) is 3.57. The molecule has 0 bridgehead atoms. The number of thioether (sulfide) groups is 1. The van der Waals surface area contributed by atoms with Gasteiger partial charge in [0.15, 0.2) is 17.7 Å². The van der Waals surface area contributed by atoms with Gasteiger partial charge in [0.05, 0.1) is 16.6 Å². The highest BCUT2D eigenvalue weighted by molar-refractivity contribution is 9.11. The number of aliphatic hydroxyl groups excluding tert-OH is 2. The SMILES string of the molecule is CC(Br)SC[C@H]1O[C@@H](n2cnc3c(N)ncnc32)[C@H](O)[C@@H]1O. The molecule has 5 atom stereocenters. The summed E-state index contributed by atoms with van der Waals surface area (Å²) in [5, 5.41) is 20.4. The molecule has 1 aliphatic heterocycles. The molecule has 0 spiro atoms. The van der Waals surface area contributed by atoms with Gasteiger partial charge < -0.3 is 20.7 Å². The smallest absolute Gasteiger partial charge is 0.167 e. The van der Waals surface area contributed by atoms with Crippen molar-refractivity contribution in [3.05, 3.63) is 12.7 Å². The summed E-state index contributed by atoms with van der Waals surface area (Å²) in [6, 6.07) is 0. The predicted octanol–water partition coefficient (Wildman–Crippen LogP) is 0.502. The summed E-state index contributed by atoms with van der Waals surface area (Å²) < 4.78 is 7.62. The fraction of sp³-hybridized carbons (Fsp3) is 0.583. The maximum atomic E-state index is 10.3. The number of ether oxygens (including phenoxy) is 1. The summed E-state index contributed by atoms with van der Waals surface area (Å²) >= 11 is 5.02. The van der Waals surface area contributed by atoms with Gasteiger partial charge >= 0.3 is 0 Å². The maximum absolute atomic E-state index is 10.3. The van der Waals surface area contributed by atoms with Crippen molar-refractivity contribution >= 4 is 44.7 Å². The predicted molar refractivity (Wildman–Crippen MR) is 86.5 cm³/mol. The Hall–Kier alpha value is -0.940. The van der Waals surface area contributed by atoms with Gasteiger partial charge in [0.2, 0.25) is 0 Å². The van der Waals surface area contributed by atoms with Gasteiger partial charge in [0.1, 0.15) is 24.1 Å². The lowest BCUT2D eigenvalue weighted by atomic mass is 10.1. The zero-order chi connectivity index (χ0) is 15.9. The standard InChI is InChI=1S/C12H16BrN5O3S/c1-5(13)22-2-6-8(19)9(20)12(21-6)18-4-17-7-10(14)15-3-16-11(7)18/h3-6,8-9,12,19-20H,2H2,1H3,(H2,14,15,16)/t5?,6-,8-,9-,12-/m1/s1. The summed E-state index contributed by atoms with van der Waals surface area (Å²) in [5.41, 5.74) is 6.66. The maximum Gasteiger partial charge on any atom is 0.167 e. The van der Waals surface area contributed by atoms with Crippen LogP contribution in [0.1, 0.15) is 13.2 Å². The second-order valence-electron chi connectivity index (χ2n) is 5.01. The normalized spacial score (nSPS) is 30.0. The molecule has 2 aromatic heterocycles. The van der Waals surface area contributed by atoms with E-state index in [-0.39, 0.29) is 9.98 Å². The van der Waals surface area contributed by atoms with Crippen LogP contribution in [0.2, 0.25) is 0 Å². The second kappa shape index (κ2) is 6.28. The number of hydrogen-bond donors (Lipinski definition) is 3. The average molecular weight is 390 g/mol. The van der Waals surface area contributed by atoms with Crippen LogP contribution in [0.5, 0.6) is 0 Å². The minimum absolute atomic E-state index is 0.237. The summed E-state index contributed by atoms with van der Waals surface area (Å²) in [5.74, 6) is 0.822. The van der Waals surface area contributed by atoms with E-state index in [2.05, 4.69) is 30.9 Å². The molecule has 1 saturated heterocycles. The van der Waals surface area contributed by atoms with Crippen LogP contribution in [0.15, 0.2) is 12.7 Å². The third kappa shape index (κ3) is 2.81. The van der Waals surface area contributed by atoms with Gasteiger partial charge in [-0.15, -0.1) is 11.8 Å². The van der Waals surface area contributed by atoms with E-state index >= 15 is 0 Å². The molecule has 1 fully saturated rings. The van der Waals surface area contributed by atoms with Crippen LogP contribution in [0.4, 0.5) is 5.82 Å². The zero-order valence-electron chi connectivity index (χ0n) is 11.7. The van der Waals surface area contributed by atoms with Crippen molar-refractivity contribution in [1.29, 1.82) is 0 Å². The Balaban J connectivity index is 1.86. The largest absolute Gasteiger partial charge is 0.387 e. The van der Waals surface area contributed by atoms with E-state index < -0.39 is 24.5 Å². The van der Waals surface area contributed by atoms with Crippen molar-refractivity contribution in [3.63, 3.8) is 0 Å². The molecule has 120 valence electrons. The van der Waals surface area contributed by atoms with Gasteiger partial charge in [-0.05, 0) is 6.92 Å². The van der Waals surface area contributed by atoms with Crippen LogP contribution >= 0.6 is 27.7 Å². The van der Waals surface area contributed by atoms with Gasteiger partial charge in [0, 0.05) is 5.75 Å². The summed E-state index contributed by atoms with van der Waals surface area (Å²) in [6.45, 7) is 1.99.